The van der Waals surface area contributed by atoms with Gasteiger partial charge in [-0.05, 0) is 44.4 Å². The smallest absolute Gasteiger partial charge is 0.276 e. The van der Waals surface area contributed by atoms with Crippen LogP contribution in [0.3, 0.4) is 0 Å². The number of aryl methyl sites for hydroxylation is 1. The Hall–Kier alpha value is -2.84. The van der Waals surface area contributed by atoms with Crippen LogP contribution in [0.1, 0.15) is 32.3 Å². The van der Waals surface area contributed by atoms with Gasteiger partial charge in [0.05, 0.1) is 26.0 Å². The van der Waals surface area contributed by atoms with Gasteiger partial charge in [-0.3, -0.25) is 19.7 Å². The van der Waals surface area contributed by atoms with Gasteiger partial charge in [-0.1, -0.05) is 0 Å². The Morgan fingerprint density at radius 2 is 1.85 bits per heavy atom. The van der Waals surface area contributed by atoms with Crippen molar-refractivity contribution in [3.05, 3.63) is 40.4 Å². The van der Waals surface area contributed by atoms with Gasteiger partial charge in [0.25, 0.3) is 5.56 Å². The topological polar surface area (TPSA) is 75.6 Å². The number of hydrogen-bond donors (Lipinski definition) is 1. The zero-order valence-electron chi connectivity index (χ0n) is 20.1. The number of ether oxygens (including phenoxy) is 2. The summed E-state index contributed by atoms with van der Waals surface area (Å²) in [6, 6.07) is 4.68. The van der Waals surface area contributed by atoms with Crippen LogP contribution in [-0.4, -0.2) is 70.0 Å². The molecule has 1 aromatic carbocycles. The Labute approximate surface area is 194 Å². The number of pyridine rings is 1. The minimum Gasteiger partial charge on any atom is -0.496 e. The molecule has 2 fully saturated rings. The molecule has 0 bridgehead atoms. The van der Waals surface area contributed by atoms with Crippen LogP contribution in [0.4, 0.5) is 0 Å². The van der Waals surface area contributed by atoms with Crippen LogP contribution >= 0.6 is 0 Å². The van der Waals surface area contributed by atoms with Gasteiger partial charge >= 0.3 is 0 Å². The summed E-state index contributed by atoms with van der Waals surface area (Å²) in [7, 11) is 5.17. The van der Waals surface area contributed by atoms with Crippen molar-refractivity contribution in [1.29, 1.82) is 0 Å². The molecule has 8 heteroatoms. The number of methoxy groups -OCH3 is 2. The lowest BCUT2D eigenvalue weighted by molar-refractivity contribution is 0.0362. The first kappa shape index (κ1) is 22.0. The Morgan fingerprint density at radius 3 is 2.45 bits per heavy atom. The van der Waals surface area contributed by atoms with Gasteiger partial charge in [-0.15, -0.1) is 0 Å². The second-order valence-corrected chi connectivity index (χ2v) is 9.69. The molecule has 3 heterocycles. The Balaban J connectivity index is 1.53. The minimum absolute atomic E-state index is 0.0999. The van der Waals surface area contributed by atoms with E-state index in [1.165, 1.54) is 12.8 Å². The number of hydrogen-bond acceptors (Lipinski definition) is 6. The highest BCUT2D eigenvalue weighted by atomic mass is 16.5. The molecule has 2 aliphatic rings. The number of aromatic nitrogens is 3. The summed E-state index contributed by atoms with van der Waals surface area (Å²) < 4.78 is 13.3. The number of piperazine rings is 1. The van der Waals surface area contributed by atoms with Crippen molar-refractivity contribution in [3.63, 3.8) is 0 Å². The number of H-pyrrole nitrogens is 1. The first-order valence-electron chi connectivity index (χ1n) is 11.6. The minimum atomic E-state index is -0.0999. The molecule has 0 unspecified atom stereocenters. The van der Waals surface area contributed by atoms with Gasteiger partial charge in [0, 0.05) is 62.0 Å². The molecule has 5 rings (SSSR count). The molecule has 1 aliphatic carbocycles. The molecule has 1 aliphatic heterocycles. The largest absolute Gasteiger partial charge is 0.496 e. The number of nitrogens with zero attached hydrogens (tertiary/aromatic N) is 4. The van der Waals surface area contributed by atoms with Crippen molar-refractivity contribution in [2.24, 2.45) is 7.05 Å². The maximum absolute atomic E-state index is 12.5. The molecule has 8 nitrogen and oxygen atoms in total. The van der Waals surface area contributed by atoms with Crippen LogP contribution in [0, 0.1) is 0 Å². The van der Waals surface area contributed by atoms with E-state index in [9.17, 15) is 4.79 Å². The van der Waals surface area contributed by atoms with Crippen molar-refractivity contribution in [3.8, 4) is 22.6 Å². The molecule has 1 saturated heterocycles. The highest BCUT2D eigenvalue weighted by Crippen LogP contribution is 2.47. The normalized spacial score (nSPS) is 18.4. The van der Waals surface area contributed by atoms with Gasteiger partial charge in [-0.25, -0.2) is 0 Å². The Kier molecular flexibility index (Phi) is 5.45. The molecule has 3 aromatic rings. The lowest BCUT2D eigenvalue weighted by atomic mass is 9.99. The van der Waals surface area contributed by atoms with E-state index >= 15 is 0 Å². The van der Waals surface area contributed by atoms with Crippen LogP contribution in [0.25, 0.3) is 22.0 Å². The average molecular weight is 452 g/mol. The Morgan fingerprint density at radius 1 is 1.15 bits per heavy atom. The second-order valence-electron chi connectivity index (χ2n) is 9.69. The molecule has 0 atom stereocenters. The summed E-state index contributed by atoms with van der Waals surface area (Å²) in [5, 5.41) is 7.72. The van der Waals surface area contributed by atoms with E-state index < -0.39 is 0 Å². The summed E-state index contributed by atoms with van der Waals surface area (Å²) in [6.45, 7) is 8.62. The van der Waals surface area contributed by atoms with E-state index in [-0.39, 0.29) is 11.1 Å². The van der Waals surface area contributed by atoms with Crippen molar-refractivity contribution < 1.29 is 9.47 Å². The summed E-state index contributed by atoms with van der Waals surface area (Å²) in [6.07, 6.45) is 6.04. The van der Waals surface area contributed by atoms with Gasteiger partial charge in [0.15, 0.2) is 0 Å². The fraction of sp³-hybridized carbons (Fsp3) is 0.520. The number of benzene rings is 1. The molecule has 33 heavy (non-hydrogen) atoms. The number of nitrogens with one attached hydrogen (secondary N) is 1. The average Bonchev–Trinajstić information content (AvgIpc) is 3.39. The maximum Gasteiger partial charge on any atom is 0.276 e. The first-order chi connectivity index (χ1) is 15.9. The predicted octanol–water partition coefficient (Wildman–Crippen LogP) is 3.00. The van der Waals surface area contributed by atoms with Gasteiger partial charge in [0.2, 0.25) is 0 Å². The fourth-order valence-electron chi connectivity index (χ4n) is 5.22. The summed E-state index contributed by atoms with van der Waals surface area (Å²) in [5.41, 5.74) is 3.58. The van der Waals surface area contributed by atoms with Crippen LogP contribution < -0.4 is 15.0 Å². The highest BCUT2D eigenvalue weighted by Gasteiger charge is 2.51. The molecule has 176 valence electrons. The SMILES string of the molecule is COc1cc(-c2cn(C)c(=O)c3[nH]ncc23)cc(OC)c1CN1CCN(C(C)C)CC12CC2. The van der Waals surface area contributed by atoms with E-state index in [0.29, 0.717) is 11.6 Å². The summed E-state index contributed by atoms with van der Waals surface area (Å²) in [5.74, 6) is 1.61. The molecule has 1 N–H and O–H groups in total. The second kappa shape index (κ2) is 8.18. The van der Waals surface area contributed by atoms with E-state index in [1.54, 1.807) is 32.0 Å². The zero-order chi connectivity index (χ0) is 23.3. The Bertz CT molecular complexity index is 1220. The van der Waals surface area contributed by atoms with Crippen molar-refractivity contribution in [2.75, 3.05) is 33.9 Å². The summed E-state index contributed by atoms with van der Waals surface area (Å²) in [4.78, 5) is 17.7. The summed E-state index contributed by atoms with van der Waals surface area (Å²) >= 11 is 0. The number of rotatable bonds is 6. The molecule has 0 amide bonds. The molecule has 0 radical (unpaired) electrons. The maximum atomic E-state index is 12.5. The van der Waals surface area contributed by atoms with Gasteiger partial charge in [0.1, 0.15) is 17.0 Å². The predicted molar refractivity (Wildman–Crippen MR) is 129 cm³/mol. The molecular weight excluding hydrogens is 418 g/mol. The van der Waals surface area contributed by atoms with Crippen LogP contribution in [0.5, 0.6) is 11.5 Å². The third-order valence-electron chi connectivity index (χ3n) is 7.44. The van der Waals surface area contributed by atoms with Crippen LogP contribution in [0.15, 0.2) is 29.3 Å². The lowest BCUT2D eigenvalue weighted by Gasteiger charge is -2.44. The van der Waals surface area contributed by atoms with Crippen molar-refractivity contribution >= 4 is 10.9 Å². The number of aromatic amines is 1. The van der Waals surface area contributed by atoms with Gasteiger partial charge in [-0.2, -0.15) is 5.10 Å². The third kappa shape index (κ3) is 3.71. The molecule has 1 saturated carbocycles. The quantitative estimate of drug-likeness (QED) is 0.621. The van der Waals surface area contributed by atoms with E-state index in [4.69, 9.17) is 9.47 Å². The van der Waals surface area contributed by atoms with E-state index in [0.717, 1.165) is 59.8 Å². The fourth-order valence-corrected chi connectivity index (χ4v) is 5.22. The lowest BCUT2D eigenvalue weighted by Crippen LogP contribution is -2.56. The molecule has 1 spiro atoms. The van der Waals surface area contributed by atoms with Crippen molar-refractivity contribution in [2.45, 2.75) is 44.8 Å². The zero-order valence-corrected chi connectivity index (χ0v) is 20.1. The van der Waals surface area contributed by atoms with E-state index in [1.807, 2.05) is 18.3 Å². The molecular formula is C25H33N5O3. The van der Waals surface area contributed by atoms with E-state index in [2.05, 4.69) is 33.8 Å². The third-order valence-corrected chi connectivity index (χ3v) is 7.44. The van der Waals surface area contributed by atoms with Crippen LogP contribution in [0.2, 0.25) is 0 Å². The molecule has 2 aromatic heterocycles. The van der Waals surface area contributed by atoms with Crippen LogP contribution in [-0.2, 0) is 13.6 Å². The standard InChI is InChI=1S/C25H33N5O3/c1-16(2)29-8-9-30(25(15-29)6-7-25)14-20-21(32-4)10-17(11-22(20)33-5)19-13-28(3)24(31)23-18(19)12-26-27-23/h10-13,16H,6-9,14-15H2,1-5H3,(H,26,27). The van der Waals surface area contributed by atoms with Gasteiger partial charge < -0.3 is 14.0 Å². The highest BCUT2D eigenvalue weighted by molar-refractivity contribution is 5.94. The number of fused-ring (bicyclic) bond motifs is 1. The van der Waals surface area contributed by atoms with Crippen molar-refractivity contribution in [1.82, 2.24) is 24.6 Å². The monoisotopic (exact) mass is 451 g/mol. The first-order valence-corrected chi connectivity index (χ1v) is 11.6.